The molecule has 0 bridgehead atoms. The van der Waals surface area contributed by atoms with Gasteiger partial charge in [-0.05, 0) is 83.5 Å². The number of esters is 3. The highest BCUT2D eigenvalue weighted by atomic mass is 16.6. The second kappa shape index (κ2) is 49.8. The number of hydrogen-bond acceptors (Lipinski definition) is 6. The number of carbonyl (C=O) groups is 3. The molecule has 61 heavy (non-hydrogen) atoms. The van der Waals surface area contributed by atoms with Gasteiger partial charge in [-0.25, -0.2) is 0 Å². The van der Waals surface area contributed by atoms with E-state index in [1.165, 1.54) is 109 Å². The number of allylic oxidation sites excluding steroid dienone is 10. The Kier molecular flexibility index (Phi) is 47.4. The van der Waals surface area contributed by atoms with Gasteiger partial charge in [0.25, 0.3) is 0 Å². The second-order valence-electron chi connectivity index (χ2n) is 17.1. The molecule has 0 aromatic rings. The topological polar surface area (TPSA) is 78.9 Å². The summed E-state index contributed by atoms with van der Waals surface area (Å²) in [6, 6.07) is 0. The van der Waals surface area contributed by atoms with Gasteiger partial charge in [0.05, 0.1) is 0 Å². The molecule has 0 aromatic heterocycles. The molecule has 6 nitrogen and oxygen atoms in total. The third-order valence-corrected chi connectivity index (χ3v) is 11.0. The minimum Gasteiger partial charge on any atom is -0.462 e. The van der Waals surface area contributed by atoms with E-state index in [-0.39, 0.29) is 31.1 Å². The summed E-state index contributed by atoms with van der Waals surface area (Å²) < 4.78 is 16.8. The lowest BCUT2D eigenvalue weighted by Gasteiger charge is -2.18. The van der Waals surface area contributed by atoms with Gasteiger partial charge in [-0.1, -0.05) is 210 Å². The Hall–Kier alpha value is -2.89. The summed E-state index contributed by atoms with van der Waals surface area (Å²) in [5, 5.41) is 0. The summed E-state index contributed by atoms with van der Waals surface area (Å²) in [7, 11) is 0. The molecule has 0 amide bonds. The van der Waals surface area contributed by atoms with E-state index in [4.69, 9.17) is 14.2 Å². The molecule has 0 aromatic carbocycles. The predicted octanol–water partition coefficient (Wildman–Crippen LogP) is 16.9. The van der Waals surface area contributed by atoms with Crippen molar-refractivity contribution in [3.8, 4) is 0 Å². The average Bonchev–Trinajstić information content (AvgIpc) is 3.26. The molecule has 1 atom stereocenters. The fraction of sp³-hybridized carbons (Fsp3) is 0.764. The first-order chi connectivity index (χ1) is 30.0. The lowest BCUT2D eigenvalue weighted by molar-refractivity contribution is -0.167. The summed E-state index contributed by atoms with van der Waals surface area (Å²) in [5.74, 6) is -0.894. The molecule has 0 rings (SSSR count). The van der Waals surface area contributed by atoms with Crippen LogP contribution in [0, 0.1) is 0 Å². The number of rotatable bonds is 46. The van der Waals surface area contributed by atoms with Crippen LogP contribution in [-0.2, 0) is 28.6 Å². The van der Waals surface area contributed by atoms with Gasteiger partial charge in [0.15, 0.2) is 6.10 Å². The fourth-order valence-corrected chi connectivity index (χ4v) is 7.13. The number of hydrogen-bond donors (Lipinski definition) is 0. The SMILES string of the molecule is CC/C=C\C/C=C\C/C=C\C/C=C\CCCCCCCCCCC(=O)OCC(COC(=O)CCCCCCCCCCCC)OC(=O)CCCCCCC/C=C\CCCCC. The summed E-state index contributed by atoms with van der Waals surface area (Å²) in [6.45, 7) is 6.48. The summed E-state index contributed by atoms with van der Waals surface area (Å²) in [6.07, 6.45) is 60.6. The first kappa shape index (κ1) is 58.1. The Morgan fingerprint density at radius 1 is 0.344 bits per heavy atom. The number of ether oxygens (including phenoxy) is 3. The molecular weight excluding hydrogens is 757 g/mol. The van der Waals surface area contributed by atoms with E-state index < -0.39 is 6.10 Å². The van der Waals surface area contributed by atoms with Crippen molar-refractivity contribution >= 4 is 17.9 Å². The zero-order valence-electron chi connectivity index (χ0n) is 40.2. The third-order valence-electron chi connectivity index (χ3n) is 11.0. The Morgan fingerprint density at radius 3 is 1.05 bits per heavy atom. The van der Waals surface area contributed by atoms with Gasteiger partial charge in [0.1, 0.15) is 13.2 Å². The van der Waals surface area contributed by atoms with Crippen LogP contribution < -0.4 is 0 Å². The molecule has 0 spiro atoms. The smallest absolute Gasteiger partial charge is 0.306 e. The Labute approximate surface area is 377 Å². The van der Waals surface area contributed by atoms with Crippen molar-refractivity contribution in [1.29, 1.82) is 0 Å². The van der Waals surface area contributed by atoms with Gasteiger partial charge in [-0.3, -0.25) is 14.4 Å². The minimum atomic E-state index is -0.778. The summed E-state index contributed by atoms with van der Waals surface area (Å²) >= 11 is 0. The highest BCUT2D eigenvalue weighted by Crippen LogP contribution is 2.15. The van der Waals surface area contributed by atoms with E-state index in [0.29, 0.717) is 19.3 Å². The van der Waals surface area contributed by atoms with Crippen molar-refractivity contribution in [3.05, 3.63) is 60.8 Å². The molecule has 0 radical (unpaired) electrons. The quantitative estimate of drug-likeness (QED) is 0.0263. The lowest BCUT2D eigenvalue weighted by atomic mass is 10.1. The molecule has 0 aliphatic heterocycles. The van der Waals surface area contributed by atoms with Crippen LogP contribution in [0.25, 0.3) is 0 Å². The van der Waals surface area contributed by atoms with Crippen LogP contribution in [0.5, 0.6) is 0 Å². The highest BCUT2D eigenvalue weighted by Gasteiger charge is 2.19. The average molecular weight is 853 g/mol. The molecule has 0 saturated carbocycles. The highest BCUT2D eigenvalue weighted by molar-refractivity contribution is 5.71. The van der Waals surface area contributed by atoms with Gasteiger partial charge in [-0.15, -0.1) is 0 Å². The molecule has 0 aliphatic carbocycles. The van der Waals surface area contributed by atoms with Crippen molar-refractivity contribution in [3.63, 3.8) is 0 Å². The minimum absolute atomic E-state index is 0.0784. The zero-order valence-corrected chi connectivity index (χ0v) is 40.2. The largest absolute Gasteiger partial charge is 0.462 e. The summed E-state index contributed by atoms with van der Waals surface area (Å²) in [4.78, 5) is 37.9. The second-order valence-corrected chi connectivity index (χ2v) is 17.1. The van der Waals surface area contributed by atoms with E-state index >= 15 is 0 Å². The number of carbonyl (C=O) groups excluding carboxylic acids is 3. The van der Waals surface area contributed by atoms with E-state index in [1.54, 1.807) is 0 Å². The maximum absolute atomic E-state index is 12.7. The first-order valence-corrected chi connectivity index (χ1v) is 25.8. The molecular formula is C55H96O6. The Morgan fingerprint density at radius 2 is 0.639 bits per heavy atom. The molecule has 1 unspecified atom stereocenters. The van der Waals surface area contributed by atoms with Crippen molar-refractivity contribution in [2.75, 3.05) is 13.2 Å². The van der Waals surface area contributed by atoms with Crippen molar-refractivity contribution in [2.24, 2.45) is 0 Å². The van der Waals surface area contributed by atoms with E-state index in [0.717, 1.165) is 103 Å². The maximum Gasteiger partial charge on any atom is 0.306 e. The normalized spacial score (nSPS) is 12.5. The molecule has 0 saturated heterocycles. The predicted molar refractivity (Wildman–Crippen MR) is 261 cm³/mol. The molecule has 0 N–H and O–H groups in total. The van der Waals surface area contributed by atoms with Gasteiger partial charge in [-0.2, -0.15) is 0 Å². The monoisotopic (exact) mass is 853 g/mol. The van der Waals surface area contributed by atoms with Crippen LogP contribution in [0.2, 0.25) is 0 Å². The van der Waals surface area contributed by atoms with Crippen molar-refractivity contribution in [1.82, 2.24) is 0 Å². The van der Waals surface area contributed by atoms with E-state index in [1.807, 2.05) is 0 Å². The Bertz CT molecular complexity index is 1120. The van der Waals surface area contributed by atoms with Gasteiger partial charge in [0, 0.05) is 19.3 Å². The van der Waals surface area contributed by atoms with Crippen LogP contribution in [0.1, 0.15) is 252 Å². The van der Waals surface area contributed by atoms with Crippen LogP contribution in [0.4, 0.5) is 0 Å². The lowest BCUT2D eigenvalue weighted by Crippen LogP contribution is -2.30. The summed E-state index contributed by atoms with van der Waals surface area (Å²) in [5.41, 5.74) is 0. The standard InChI is InChI=1S/C55H96O6/c1-4-7-10-13-16-19-22-24-25-26-27-28-29-30-31-32-34-36-39-42-45-48-54(57)60-51-52(50-59-53(56)47-44-41-38-35-21-18-15-12-9-6-3)61-55(58)49-46-43-40-37-33-23-20-17-14-11-8-5-2/h7,10,16-17,19-20,24-25,27-28,52H,4-6,8-9,11-15,18,21-23,26,29-51H2,1-3H3/b10-7-,19-16-,20-17-,25-24-,28-27-. The van der Waals surface area contributed by atoms with Gasteiger partial charge in [0.2, 0.25) is 0 Å². The van der Waals surface area contributed by atoms with Crippen molar-refractivity contribution in [2.45, 2.75) is 258 Å². The van der Waals surface area contributed by atoms with Crippen LogP contribution in [-0.4, -0.2) is 37.2 Å². The number of unbranched alkanes of at least 4 members (excludes halogenated alkanes) is 25. The zero-order chi connectivity index (χ0) is 44.4. The third kappa shape index (κ3) is 48.0. The molecule has 0 fully saturated rings. The van der Waals surface area contributed by atoms with Gasteiger partial charge < -0.3 is 14.2 Å². The van der Waals surface area contributed by atoms with Crippen LogP contribution in [0.3, 0.4) is 0 Å². The molecule has 0 aliphatic rings. The van der Waals surface area contributed by atoms with Crippen LogP contribution >= 0.6 is 0 Å². The van der Waals surface area contributed by atoms with Gasteiger partial charge >= 0.3 is 17.9 Å². The van der Waals surface area contributed by atoms with Crippen molar-refractivity contribution < 1.29 is 28.6 Å². The first-order valence-electron chi connectivity index (χ1n) is 25.8. The van der Waals surface area contributed by atoms with E-state index in [9.17, 15) is 14.4 Å². The molecule has 0 heterocycles. The molecule has 352 valence electrons. The fourth-order valence-electron chi connectivity index (χ4n) is 7.13. The van der Waals surface area contributed by atoms with E-state index in [2.05, 4.69) is 81.5 Å². The maximum atomic E-state index is 12.7. The van der Waals surface area contributed by atoms with Crippen LogP contribution in [0.15, 0.2) is 60.8 Å². The molecule has 6 heteroatoms. The Balaban J connectivity index is 4.30.